The second-order valence-electron chi connectivity index (χ2n) is 2.59. The van der Waals surface area contributed by atoms with Crippen LogP contribution < -0.4 is 0 Å². The van der Waals surface area contributed by atoms with E-state index < -0.39 is 6.49 Å². The molecule has 0 bridgehead atoms. The lowest BCUT2D eigenvalue weighted by molar-refractivity contribution is 0.481. The van der Waals surface area contributed by atoms with Crippen molar-refractivity contribution in [1.29, 1.82) is 0 Å². The molecule has 5 heteroatoms. The molecule has 0 unspecified atom stereocenters. The summed E-state index contributed by atoms with van der Waals surface area (Å²) in [5.41, 5.74) is 0. The second kappa shape index (κ2) is 11.0. The average molecular weight is 244 g/mol. The Kier molecular flexibility index (Phi) is 13.8. The van der Waals surface area contributed by atoms with Gasteiger partial charge in [0.05, 0.1) is 0 Å². The van der Waals surface area contributed by atoms with Crippen LogP contribution >= 0.6 is 18.3 Å². The van der Waals surface area contributed by atoms with E-state index in [1.807, 2.05) is 0 Å². The van der Waals surface area contributed by atoms with Crippen molar-refractivity contribution in [3.63, 3.8) is 0 Å². The monoisotopic (exact) mass is 244 g/mol. The smallest absolute Gasteiger partial charge is 0.183 e. The highest BCUT2D eigenvalue weighted by Crippen LogP contribution is 2.33. The lowest BCUT2D eigenvalue weighted by Gasteiger charge is -1.98. The molecule has 2 nitrogen and oxygen atoms in total. The Morgan fingerprint density at radius 2 is 1.38 bits per heavy atom. The molecule has 0 heterocycles. The molecule has 0 spiro atoms. The summed E-state index contributed by atoms with van der Waals surface area (Å²) >= 11 is 6.26. The lowest BCUT2D eigenvalue weighted by atomic mass is 10.6. The minimum Gasteiger partial charge on any atom is -0.345 e. The zero-order chi connectivity index (χ0) is 10.7. The molecule has 13 heavy (non-hydrogen) atoms. The summed E-state index contributed by atoms with van der Waals surface area (Å²) in [5, 5.41) is 0. The van der Waals surface area contributed by atoms with Crippen molar-refractivity contribution in [2.45, 2.75) is 33.6 Å². The molecule has 0 amide bonds. The van der Waals surface area contributed by atoms with Gasteiger partial charge in [0.2, 0.25) is 0 Å². The molecule has 0 rings (SSSR count). The highest BCUT2D eigenvalue weighted by molar-refractivity contribution is 8.09. The number of rotatable bonds is 5. The van der Waals surface area contributed by atoms with E-state index in [0.717, 1.165) is 0 Å². The Hall–Kier alpha value is 0.920. The first-order valence-electron chi connectivity index (χ1n) is 4.60. The molecule has 0 fully saturated rings. The van der Waals surface area contributed by atoms with Gasteiger partial charge < -0.3 is 9.79 Å². The van der Waals surface area contributed by atoms with Crippen molar-refractivity contribution < 1.29 is 9.79 Å². The van der Waals surface area contributed by atoms with Gasteiger partial charge in [0.25, 0.3) is 0 Å². The predicted octanol–water partition coefficient (Wildman–Crippen LogP) is 2.84. The standard InChI is InChI=1S/C6H14S.C2H7O2PS/c1-3-5-7-6-4-2;1-2-5(3,4)6/h3-6H2,1-2H3;2H2,1H3,(H2,3,4,6). The summed E-state index contributed by atoms with van der Waals surface area (Å²) < 4.78 is 0. The normalized spacial score (nSPS) is 10.5. The zero-order valence-electron chi connectivity index (χ0n) is 8.69. The van der Waals surface area contributed by atoms with Gasteiger partial charge in [0.15, 0.2) is 6.49 Å². The van der Waals surface area contributed by atoms with Crippen molar-refractivity contribution in [3.05, 3.63) is 0 Å². The third-order valence-corrected chi connectivity index (χ3v) is 4.10. The van der Waals surface area contributed by atoms with Gasteiger partial charge in [0.1, 0.15) is 0 Å². The summed E-state index contributed by atoms with van der Waals surface area (Å²) in [6.45, 7) is 3.29. The summed E-state index contributed by atoms with van der Waals surface area (Å²) in [5.74, 6) is 2.68. The van der Waals surface area contributed by atoms with Crippen LogP contribution in [-0.2, 0) is 11.8 Å². The summed E-state index contributed by atoms with van der Waals surface area (Å²) in [6.07, 6.45) is 2.96. The second-order valence-corrected chi connectivity index (χ2v) is 7.53. The first-order chi connectivity index (χ1) is 5.97. The molecule has 0 radical (unpaired) electrons. The largest absolute Gasteiger partial charge is 0.345 e. The van der Waals surface area contributed by atoms with Crippen LogP contribution in [-0.4, -0.2) is 27.5 Å². The molecule has 0 aliphatic carbocycles. The lowest BCUT2D eigenvalue weighted by Crippen LogP contribution is -1.76. The predicted molar refractivity (Wildman–Crippen MR) is 67.2 cm³/mol. The Labute approximate surface area is 91.3 Å². The van der Waals surface area contributed by atoms with Crippen LogP contribution in [0.2, 0.25) is 0 Å². The van der Waals surface area contributed by atoms with Crippen molar-refractivity contribution in [1.82, 2.24) is 0 Å². The molecular formula is C8H21O2PS2. The molecule has 0 aromatic carbocycles. The Balaban J connectivity index is 0. The minimum atomic E-state index is -2.81. The SMILES string of the molecule is CCCSCCC.CCP(O)(O)=S. The first-order valence-corrected chi connectivity index (χ1v) is 8.65. The first kappa shape index (κ1) is 16.4. The van der Waals surface area contributed by atoms with Crippen LogP contribution in [0.25, 0.3) is 0 Å². The zero-order valence-corrected chi connectivity index (χ0v) is 11.2. The topological polar surface area (TPSA) is 40.5 Å². The van der Waals surface area contributed by atoms with Gasteiger partial charge >= 0.3 is 0 Å². The van der Waals surface area contributed by atoms with Crippen LogP contribution in [0.1, 0.15) is 33.6 Å². The summed E-state index contributed by atoms with van der Waals surface area (Å²) in [6, 6.07) is 0. The van der Waals surface area contributed by atoms with Crippen LogP contribution in [0.3, 0.4) is 0 Å². The van der Waals surface area contributed by atoms with Crippen molar-refractivity contribution in [2.75, 3.05) is 17.7 Å². The average Bonchev–Trinajstić information content (AvgIpc) is 2.06. The van der Waals surface area contributed by atoms with E-state index in [1.54, 1.807) is 6.92 Å². The summed E-state index contributed by atoms with van der Waals surface area (Å²) in [4.78, 5) is 16.6. The molecule has 82 valence electrons. The Morgan fingerprint density at radius 3 is 1.54 bits per heavy atom. The van der Waals surface area contributed by atoms with Gasteiger partial charge in [-0.1, -0.05) is 20.8 Å². The number of thioether (sulfide) groups is 1. The maximum absolute atomic E-state index is 8.31. The Morgan fingerprint density at radius 1 is 1.08 bits per heavy atom. The Bertz CT molecular complexity index is 132. The van der Waals surface area contributed by atoms with Crippen LogP contribution in [0.5, 0.6) is 0 Å². The molecule has 0 aliphatic rings. The third-order valence-electron chi connectivity index (χ3n) is 1.11. The van der Waals surface area contributed by atoms with E-state index in [-0.39, 0.29) is 0 Å². The summed E-state index contributed by atoms with van der Waals surface area (Å²) in [7, 11) is 0. The fourth-order valence-electron chi connectivity index (χ4n) is 0.391. The molecule has 0 atom stereocenters. The van der Waals surface area contributed by atoms with Crippen molar-refractivity contribution in [2.24, 2.45) is 0 Å². The molecule has 0 saturated heterocycles. The molecule has 0 saturated carbocycles. The highest BCUT2D eigenvalue weighted by atomic mass is 32.5. The molecule has 0 aromatic rings. The fraction of sp³-hybridized carbons (Fsp3) is 1.00. The molecular weight excluding hydrogens is 223 g/mol. The molecule has 2 N–H and O–H groups in total. The van der Waals surface area contributed by atoms with Gasteiger partial charge in [0, 0.05) is 6.16 Å². The highest BCUT2D eigenvalue weighted by Gasteiger charge is 1.98. The van der Waals surface area contributed by atoms with Crippen molar-refractivity contribution in [3.8, 4) is 0 Å². The van der Waals surface area contributed by atoms with E-state index in [4.69, 9.17) is 9.79 Å². The van der Waals surface area contributed by atoms with E-state index >= 15 is 0 Å². The van der Waals surface area contributed by atoms with Crippen LogP contribution in [0, 0.1) is 0 Å². The fourth-order valence-corrected chi connectivity index (χ4v) is 1.17. The van der Waals surface area contributed by atoms with E-state index in [2.05, 4.69) is 37.4 Å². The van der Waals surface area contributed by atoms with Gasteiger partial charge in [-0.3, -0.25) is 0 Å². The maximum atomic E-state index is 8.31. The maximum Gasteiger partial charge on any atom is 0.183 e. The van der Waals surface area contributed by atoms with E-state index in [9.17, 15) is 0 Å². The van der Waals surface area contributed by atoms with Gasteiger partial charge in [-0.05, 0) is 36.2 Å². The van der Waals surface area contributed by atoms with Gasteiger partial charge in [-0.25, -0.2) is 0 Å². The van der Waals surface area contributed by atoms with E-state index in [1.165, 1.54) is 24.3 Å². The van der Waals surface area contributed by atoms with E-state index in [0.29, 0.717) is 6.16 Å². The number of hydrogen-bond donors (Lipinski definition) is 2. The van der Waals surface area contributed by atoms with Crippen LogP contribution in [0.15, 0.2) is 0 Å². The third kappa shape index (κ3) is 24.6. The minimum absolute atomic E-state index is 0.308. The molecule has 0 aliphatic heterocycles. The van der Waals surface area contributed by atoms with Gasteiger partial charge in [-0.15, -0.1) is 0 Å². The number of hydrogen-bond acceptors (Lipinski definition) is 2. The van der Waals surface area contributed by atoms with Crippen molar-refractivity contribution >= 4 is 30.1 Å². The van der Waals surface area contributed by atoms with Gasteiger partial charge in [-0.2, -0.15) is 11.8 Å². The quantitative estimate of drug-likeness (QED) is 0.576. The molecule has 0 aromatic heterocycles. The van der Waals surface area contributed by atoms with Crippen LogP contribution in [0.4, 0.5) is 0 Å².